The predicted octanol–water partition coefficient (Wildman–Crippen LogP) is 4.03. The summed E-state index contributed by atoms with van der Waals surface area (Å²) in [6, 6.07) is 13.0. The van der Waals surface area contributed by atoms with E-state index in [1.807, 2.05) is 54.8 Å². The number of hydrogen-bond donors (Lipinski definition) is 2. The van der Waals surface area contributed by atoms with Gasteiger partial charge in [0.25, 0.3) is 5.91 Å². The SMILES string of the molecule is COc1ccc(-c2csc(NC(=S)NC(=O)COc3ccc(C)cc3)n2)cc1OC. The van der Waals surface area contributed by atoms with E-state index in [2.05, 4.69) is 15.6 Å². The molecule has 1 amide bonds. The first-order valence-electron chi connectivity index (χ1n) is 8.96. The molecule has 2 N–H and O–H groups in total. The van der Waals surface area contributed by atoms with Crippen molar-refractivity contribution >= 4 is 39.7 Å². The lowest BCUT2D eigenvalue weighted by atomic mass is 10.1. The predicted molar refractivity (Wildman–Crippen MR) is 122 cm³/mol. The van der Waals surface area contributed by atoms with Crippen LogP contribution in [0.15, 0.2) is 47.8 Å². The van der Waals surface area contributed by atoms with Crippen molar-refractivity contribution in [2.75, 3.05) is 26.1 Å². The Hall–Kier alpha value is -3.17. The lowest BCUT2D eigenvalue weighted by Gasteiger charge is -2.09. The molecule has 3 aromatic rings. The fourth-order valence-electron chi connectivity index (χ4n) is 2.53. The van der Waals surface area contributed by atoms with Gasteiger partial charge in [-0.3, -0.25) is 10.1 Å². The fourth-order valence-corrected chi connectivity index (χ4v) is 3.53. The van der Waals surface area contributed by atoms with Crippen LogP contribution in [0.1, 0.15) is 5.56 Å². The van der Waals surface area contributed by atoms with Crippen LogP contribution in [0.2, 0.25) is 0 Å². The van der Waals surface area contributed by atoms with E-state index in [-0.39, 0.29) is 17.6 Å². The second kappa shape index (κ2) is 10.0. The van der Waals surface area contributed by atoms with Gasteiger partial charge in [-0.1, -0.05) is 17.7 Å². The Morgan fingerprint density at radius 3 is 2.53 bits per heavy atom. The van der Waals surface area contributed by atoms with Crippen LogP contribution in [0, 0.1) is 6.92 Å². The van der Waals surface area contributed by atoms with E-state index in [1.54, 1.807) is 14.2 Å². The van der Waals surface area contributed by atoms with Gasteiger partial charge in [-0.25, -0.2) is 4.98 Å². The molecule has 0 aliphatic heterocycles. The molecule has 30 heavy (non-hydrogen) atoms. The van der Waals surface area contributed by atoms with Crippen LogP contribution in [0.3, 0.4) is 0 Å². The minimum Gasteiger partial charge on any atom is -0.493 e. The highest BCUT2D eigenvalue weighted by atomic mass is 32.1. The highest BCUT2D eigenvalue weighted by Gasteiger charge is 2.11. The maximum absolute atomic E-state index is 12.0. The third-order valence-corrected chi connectivity index (χ3v) is 5.01. The van der Waals surface area contributed by atoms with Gasteiger partial charge in [0.1, 0.15) is 5.75 Å². The van der Waals surface area contributed by atoms with Crippen molar-refractivity contribution < 1.29 is 19.0 Å². The second-order valence-corrected chi connectivity index (χ2v) is 7.48. The molecule has 9 heteroatoms. The number of thiazole rings is 1. The van der Waals surface area contributed by atoms with Gasteiger partial charge < -0.3 is 19.5 Å². The Balaban J connectivity index is 1.54. The average molecular weight is 444 g/mol. The van der Waals surface area contributed by atoms with Crippen molar-refractivity contribution in [3.05, 3.63) is 53.4 Å². The van der Waals surface area contributed by atoms with Gasteiger partial charge in [-0.15, -0.1) is 11.3 Å². The van der Waals surface area contributed by atoms with Crippen molar-refractivity contribution in [2.45, 2.75) is 6.92 Å². The van der Waals surface area contributed by atoms with Gasteiger partial charge in [-0.05, 0) is 49.5 Å². The van der Waals surface area contributed by atoms with E-state index in [9.17, 15) is 4.79 Å². The number of methoxy groups -OCH3 is 2. The van der Waals surface area contributed by atoms with Gasteiger partial charge in [0.2, 0.25) is 0 Å². The summed E-state index contributed by atoms with van der Waals surface area (Å²) in [5, 5.41) is 8.09. The zero-order valence-electron chi connectivity index (χ0n) is 16.7. The van der Waals surface area contributed by atoms with Gasteiger partial charge in [-0.2, -0.15) is 0 Å². The van der Waals surface area contributed by atoms with Crippen LogP contribution in [0.4, 0.5) is 5.13 Å². The van der Waals surface area contributed by atoms with Crippen molar-refractivity contribution in [2.24, 2.45) is 0 Å². The van der Waals surface area contributed by atoms with E-state index < -0.39 is 0 Å². The zero-order valence-corrected chi connectivity index (χ0v) is 18.4. The van der Waals surface area contributed by atoms with Crippen molar-refractivity contribution in [3.8, 4) is 28.5 Å². The monoisotopic (exact) mass is 443 g/mol. The van der Waals surface area contributed by atoms with Crippen molar-refractivity contribution in [1.82, 2.24) is 10.3 Å². The molecule has 0 bridgehead atoms. The van der Waals surface area contributed by atoms with Crippen LogP contribution in [-0.4, -0.2) is 36.8 Å². The molecule has 0 aliphatic rings. The first-order chi connectivity index (χ1) is 14.5. The molecule has 0 unspecified atom stereocenters. The largest absolute Gasteiger partial charge is 0.493 e. The number of thiocarbonyl (C=S) groups is 1. The number of rotatable bonds is 7. The molecule has 7 nitrogen and oxygen atoms in total. The molecule has 0 atom stereocenters. The molecular formula is C21H21N3O4S2. The third kappa shape index (κ3) is 5.68. The van der Waals surface area contributed by atoms with E-state index in [0.717, 1.165) is 16.8 Å². The molecule has 1 heterocycles. The maximum atomic E-state index is 12.0. The summed E-state index contributed by atoms with van der Waals surface area (Å²) in [7, 11) is 3.17. The minimum atomic E-state index is -0.357. The summed E-state index contributed by atoms with van der Waals surface area (Å²) in [6.45, 7) is 1.84. The smallest absolute Gasteiger partial charge is 0.264 e. The van der Waals surface area contributed by atoms with Crippen molar-refractivity contribution in [3.63, 3.8) is 0 Å². The van der Waals surface area contributed by atoms with Crippen LogP contribution < -0.4 is 24.8 Å². The number of carbonyl (C=O) groups excluding carboxylic acids is 1. The number of amides is 1. The van der Waals surface area contributed by atoms with Gasteiger partial charge in [0.05, 0.1) is 19.9 Å². The number of anilines is 1. The molecular weight excluding hydrogens is 422 g/mol. The van der Waals surface area contributed by atoms with E-state index in [1.165, 1.54) is 11.3 Å². The Kier molecular flexibility index (Phi) is 7.21. The topological polar surface area (TPSA) is 81.7 Å². The first-order valence-corrected chi connectivity index (χ1v) is 10.3. The van der Waals surface area contributed by atoms with Gasteiger partial charge in [0.15, 0.2) is 28.3 Å². The average Bonchev–Trinajstić information content (AvgIpc) is 3.21. The lowest BCUT2D eigenvalue weighted by molar-refractivity contribution is -0.121. The summed E-state index contributed by atoms with van der Waals surface area (Å²) in [4.78, 5) is 16.5. The number of hydrogen-bond acceptors (Lipinski definition) is 7. The number of ether oxygens (including phenoxy) is 3. The Bertz CT molecular complexity index is 1030. The maximum Gasteiger partial charge on any atom is 0.264 e. The van der Waals surface area contributed by atoms with Crippen LogP contribution in [0.25, 0.3) is 11.3 Å². The van der Waals surface area contributed by atoms with E-state index in [4.69, 9.17) is 26.4 Å². The van der Waals surface area contributed by atoms with Crippen LogP contribution in [-0.2, 0) is 4.79 Å². The molecule has 0 radical (unpaired) electrons. The molecule has 0 saturated heterocycles. The standard InChI is InChI=1S/C21H21N3O4S2/c1-13-4-7-15(8-5-13)28-11-19(25)23-20(29)24-21-22-16(12-30-21)14-6-9-17(26-2)18(10-14)27-3/h4-10,12H,11H2,1-3H3,(H2,22,23,24,25,29). The lowest BCUT2D eigenvalue weighted by Crippen LogP contribution is -2.37. The highest BCUT2D eigenvalue weighted by Crippen LogP contribution is 2.33. The summed E-state index contributed by atoms with van der Waals surface area (Å²) in [5.41, 5.74) is 2.74. The highest BCUT2D eigenvalue weighted by molar-refractivity contribution is 7.80. The number of aromatic nitrogens is 1. The summed E-state index contributed by atoms with van der Waals surface area (Å²) >= 11 is 6.56. The third-order valence-electron chi connectivity index (χ3n) is 4.05. The molecule has 156 valence electrons. The molecule has 0 aliphatic carbocycles. The molecule has 0 spiro atoms. The van der Waals surface area contributed by atoms with E-state index in [0.29, 0.717) is 22.4 Å². The Morgan fingerprint density at radius 2 is 1.83 bits per heavy atom. The first kappa shape index (κ1) is 21.5. The van der Waals surface area contributed by atoms with Crippen LogP contribution >= 0.6 is 23.6 Å². The van der Waals surface area contributed by atoms with Gasteiger partial charge in [0, 0.05) is 10.9 Å². The molecule has 3 rings (SSSR count). The quantitative estimate of drug-likeness (QED) is 0.534. The zero-order chi connectivity index (χ0) is 21.5. The minimum absolute atomic E-state index is 0.139. The number of nitrogens with zero attached hydrogens (tertiary/aromatic N) is 1. The molecule has 2 aromatic carbocycles. The van der Waals surface area contributed by atoms with Crippen LogP contribution in [0.5, 0.6) is 17.2 Å². The molecule has 1 aromatic heterocycles. The number of nitrogens with one attached hydrogen (secondary N) is 2. The molecule has 0 fully saturated rings. The second-order valence-electron chi connectivity index (χ2n) is 6.21. The number of aryl methyl sites for hydroxylation is 1. The van der Waals surface area contributed by atoms with E-state index >= 15 is 0 Å². The summed E-state index contributed by atoms with van der Waals surface area (Å²) in [5.74, 6) is 1.53. The summed E-state index contributed by atoms with van der Waals surface area (Å²) in [6.07, 6.45) is 0. The Morgan fingerprint density at radius 1 is 1.10 bits per heavy atom. The fraction of sp³-hybridized carbons (Fsp3) is 0.190. The number of carbonyl (C=O) groups is 1. The Labute approximate surface area is 184 Å². The summed E-state index contributed by atoms with van der Waals surface area (Å²) < 4.78 is 16.0. The van der Waals surface area contributed by atoms with Crippen molar-refractivity contribution in [1.29, 1.82) is 0 Å². The van der Waals surface area contributed by atoms with Gasteiger partial charge >= 0.3 is 0 Å². The molecule has 0 saturated carbocycles. The normalized spacial score (nSPS) is 10.2. The number of benzene rings is 2.